The van der Waals surface area contributed by atoms with Gasteiger partial charge < -0.3 is 24.7 Å². The zero-order valence-electron chi connectivity index (χ0n) is 17.2. The molecule has 2 N–H and O–H groups in total. The summed E-state index contributed by atoms with van der Waals surface area (Å²) in [6, 6.07) is 6.11. The second-order valence-corrected chi connectivity index (χ2v) is 7.15. The Hall–Kier alpha value is -3.88. The number of aryl methyl sites for hydroxylation is 1. The third kappa shape index (κ3) is 4.07. The van der Waals surface area contributed by atoms with Crippen molar-refractivity contribution in [2.45, 2.75) is 33.0 Å². The Kier molecular flexibility index (Phi) is 5.57. The summed E-state index contributed by atoms with van der Waals surface area (Å²) in [6.45, 7) is 4.39. The predicted octanol–water partition coefficient (Wildman–Crippen LogP) is 1.58. The van der Waals surface area contributed by atoms with Gasteiger partial charge in [-0.25, -0.2) is 0 Å². The summed E-state index contributed by atoms with van der Waals surface area (Å²) in [6.07, 6.45) is 4.80. The van der Waals surface area contributed by atoms with Crippen LogP contribution in [0.2, 0.25) is 0 Å². The van der Waals surface area contributed by atoms with Crippen LogP contribution in [0.3, 0.4) is 0 Å². The number of hydrogen-bond acceptors (Lipinski definition) is 6. The van der Waals surface area contributed by atoms with E-state index in [4.69, 9.17) is 9.47 Å². The molecule has 1 atom stereocenters. The standard InChI is InChI=1S/C22H22N4O5/c1-3-26-11-16(20(27)15-7-18-19(8-17(15)26)31-12-30-18)22(29)25-13(2)21(28)24-10-14-5-4-6-23-9-14/h4-9,11,13H,3,10,12H2,1-2H3,(H,24,28)(H,25,29)/t13-/m0/s1. The topological polar surface area (TPSA) is 112 Å². The summed E-state index contributed by atoms with van der Waals surface area (Å²) in [7, 11) is 0. The molecule has 1 aliphatic rings. The Morgan fingerprint density at radius 3 is 2.74 bits per heavy atom. The molecule has 9 nitrogen and oxygen atoms in total. The van der Waals surface area contributed by atoms with Gasteiger partial charge in [-0.1, -0.05) is 6.07 Å². The first-order valence-electron chi connectivity index (χ1n) is 9.92. The van der Waals surface area contributed by atoms with E-state index in [9.17, 15) is 14.4 Å². The Morgan fingerprint density at radius 2 is 2.03 bits per heavy atom. The van der Waals surface area contributed by atoms with E-state index in [1.165, 1.54) is 6.20 Å². The van der Waals surface area contributed by atoms with Crippen molar-refractivity contribution in [2.24, 2.45) is 0 Å². The number of nitrogens with zero attached hydrogens (tertiary/aromatic N) is 2. The van der Waals surface area contributed by atoms with Crippen molar-refractivity contribution in [3.63, 3.8) is 0 Å². The molecule has 0 radical (unpaired) electrons. The molecule has 0 spiro atoms. The van der Waals surface area contributed by atoms with E-state index in [0.29, 0.717) is 35.5 Å². The van der Waals surface area contributed by atoms with E-state index in [1.807, 2.05) is 13.0 Å². The molecule has 1 aliphatic heterocycles. The molecule has 2 aromatic heterocycles. The van der Waals surface area contributed by atoms with Gasteiger partial charge in [-0.05, 0) is 31.5 Å². The number of aromatic nitrogens is 2. The Balaban J connectivity index is 1.54. The normalized spacial score (nSPS) is 13.1. The zero-order valence-corrected chi connectivity index (χ0v) is 17.2. The molecule has 4 rings (SSSR count). The van der Waals surface area contributed by atoms with Crippen molar-refractivity contribution in [2.75, 3.05) is 6.79 Å². The summed E-state index contributed by atoms with van der Waals surface area (Å²) < 4.78 is 12.6. The molecule has 0 saturated heterocycles. The van der Waals surface area contributed by atoms with E-state index in [0.717, 1.165) is 5.56 Å². The molecular weight excluding hydrogens is 400 g/mol. The minimum atomic E-state index is -0.828. The number of nitrogens with one attached hydrogen (secondary N) is 2. The predicted molar refractivity (Wildman–Crippen MR) is 113 cm³/mol. The summed E-state index contributed by atoms with van der Waals surface area (Å²) in [4.78, 5) is 42.2. The minimum Gasteiger partial charge on any atom is -0.454 e. The van der Waals surface area contributed by atoms with Gasteiger partial charge in [0.2, 0.25) is 18.1 Å². The average molecular weight is 422 g/mol. The molecule has 160 valence electrons. The summed E-state index contributed by atoms with van der Waals surface area (Å²) in [5.74, 6) is 0.0474. The number of hydrogen-bond donors (Lipinski definition) is 2. The number of rotatable bonds is 6. The molecule has 0 aliphatic carbocycles. The fourth-order valence-electron chi connectivity index (χ4n) is 3.39. The van der Waals surface area contributed by atoms with Crippen LogP contribution < -0.4 is 25.5 Å². The van der Waals surface area contributed by atoms with Gasteiger partial charge in [0.25, 0.3) is 5.91 Å². The lowest BCUT2D eigenvalue weighted by Gasteiger charge is -2.16. The Labute approximate surface area is 178 Å². The van der Waals surface area contributed by atoms with Gasteiger partial charge in [0, 0.05) is 37.7 Å². The number of benzene rings is 1. The Morgan fingerprint density at radius 1 is 1.26 bits per heavy atom. The first kappa shape index (κ1) is 20.4. The van der Waals surface area contributed by atoms with Crippen LogP contribution in [0.25, 0.3) is 10.9 Å². The van der Waals surface area contributed by atoms with Crippen LogP contribution >= 0.6 is 0 Å². The van der Waals surface area contributed by atoms with Crippen LogP contribution in [0.15, 0.2) is 47.7 Å². The number of pyridine rings is 2. The molecule has 3 aromatic rings. The molecule has 0 fully saturated rings. The monoisotopic (exact) mass is 422 g/mol. The van der Waals surface area contributed by atoms with Crippen LogP contribution in [0, 0.1) is 0 Å². The van der Waals surface area contributed by atoms with E-state index in [1.54, 1.807) is 42.1 Å². The SMILES string of the molecule is CCn1cc(C(=O)N[C@@H](C)C(=O)NCc2cccnc2)c(=O)c2cc3c(cc21)OCO3. The maximum absolute atomic E-state index is 13.0. The summed E-state index contributed by atoms with van der Waals surface area (Å²) in [5, 5.41) is 5.70. The second kappa shape index (κ2) is 8.47. The van der Waals surface area contributed by atoms with Crippen LogP contribution in [0.1, 0.15) is 29.8 Å². The van der Waals surface area contributed by atoms with E-state index in [2.05, 4.69) is 15.6 Å². The van der Waals surface area contributed by atoms with Crippen LogP contribution in [-0.2, 0) is 17.9 Å². The van der Waals surface area contributed by atoms with Crippen LogP contribution in [0.5, 0.6) is 11.5 Å². The fraction of sp³-hybridized carbons (Fsp3) is 0.273. The highest BCUT2D eigenvalue weighted by Gasteiger charge is 2.23. The maximum atomic E-state index is 13.0. The lowest BCUT2D eigenvalue weighted by Crippen LogP contribution is -2.45. The van der Waals surface area contributed by atoms with Gasteiger partial charge in [0.1, 0.15) is 11.6 Å². The zero-order chi connectivity index (χ0) is 22.0. The quantitative estimate of drug-likeness (QED) is 0.624. The van der Waals surface area contributed by atoms with Gasteiger partial charge in [-0.15, -0.1) is 0 Å². The number of carbonyl (C=O) groups is 2. The second-order valence-electron chi connectivity index (χ2n) is 7.15. The summed E-state index contributed by atoms with van der Waals surface area (Å²) in [5.41, 5.74) is 1.02. The van der Waals surface area contributed by atoms with Crippen molar-refractivity contribution < 1.29 is 19.1 Å². The highest BCUT2D eigenvalue weighted by Crippen LogP contribution is 2.35. The first-order valence-corrected chi connectivity index (χ1v) is 9.92. The highest BCUT2D eigenvalue weighted by atomic mass is 16.7. The number of amides is 2. The third-order valence-corrected chi connectivity index (χ3v) is 5.09. The van der Waals surface area contributed by atoms with E-state index in [-0.39, 0.29) is 18.3 Å². The van der Waals surface area contributed by atoms with Crippen molar-refractivity contribution in [1.82, 2.24) is 20.2 Å². The van der Waals surface area contributed by atoms with Crippen LogP contribution in [-0.4, -0.2) is 34.2 Å². The van der Waals surface area contributed by atoms with Gasteiger partial charge in [-0.2, -0.15) is 0 Å². The van der Waals surface area contributed by atoms with Gasteiger partial charge >= 0.3 is 0 Å². The minimum absolute atomic E-state index is 0.0416. The van der Waals surface area contributed by atoms with Crippen molar-refractivity contribution in [3.8, 4) is 11.5 Å². The molecule has 9 heteroatoms. The van der Waals surface area contributed by atoms with Gasteiger partial charge in [0.15, 0.2) is 11.5 Å². The molecule has 2 amide bonds. The van der Waals surface area contributed by atoms with Gasteiger partial charge in [-0.3, -0.25) is 19.4 Å². The fourth-order valence-corrected chi connectivity index (χ4v) is 3.39. The number of ether oxygens (including phenoxy) is 2. The largest absolute Gasteiger partial charge is 0.454 e. The number of carbonyl (C=O) groups excluding carboxylic acids is 2. The molecule has 3 heterocycles. The lowest BCUT2D eigenvalue weighted by atomic mass is 10.1. The highest BCUT2D eigenvalue weighted by molar-refractivity contribution is 6.00. The third-order valence-electron chi connectivity index (χ3n) is 5.09. The molecule has 0 saturated carbocycles. The van der Waals surface area contributed by atoms with Crippen molar-refractivity contribution in [3.05, 3.63) is 64.2 Å². The molecule has 0 bridgehead atoms. The summed E-state index contributed by atoms with van der Waals surface area (Å²) >= 11 is 0. The smallest absolute Gasteiger partial charge is 0.257 e. The molecule has 0 unspecified atom stereocenters. The van der Waals surface area contributed by atoms with Crippen molar-refractivity contribution in [1.29, 1.82) is 0 Å². The molecule has 1 aromatic carbocycles. The lowest BCUT2D eigenvalue weighted by molar-refractivity contribution is -0.122. The number of fused-ring (bicyclic) bond motifs is 2. The van der Waals surface area contributed by atoms with E-state index < -0.39 is 17.4 Å². The maximum Gasteiger partial charge on any atom is 0.257 e. The van der Waals surface area contributed by atoms with Crippen molar-refractivity contribution >= 4 is 22.7 Å². The molecule has 31 heavy (non-hydrogen) atoms. The Bertz CT molecular complexity index is 1210. The molecular formula is C22H22N4O5. The van der Waals surface area contributed by atoms with Crippen LogP contribution in [0.4, 0.5) is 0 Å². The first-order chi connectivity index (χ1) is 15.0. The van der Waals surface area contributed by atoms with E-state index >= 15 is 0 Å². The van der Waals surface area contributed by atoms with Gasteiger partial charge in [0.05, 0.1) is 10.9 Å². The average Bonchev–Trinajstić information content (AvgIpc) is 3.25.